The average Bonchev–Trinajstić information content (AvgIpc) is 2.85. The normalized spacial score (nSPS) is 24.4. The van der Waals surface area contributed by atoms with Crippen molar-refractivity contribution >= 4 is 23.0 Å². The number of nitro benzene ring substituents is 1. The second-order valence-corrected chi connectivity index (χ2v) is 10.4. The molecule has 2 aliphatic rings. The molecule has 1 aliphatic heterocycles. The van der Waals surface area contributed by atoms with E-state index in [9.17, 15) is 14.9 Å². The van der Waals surface area contributed by atoms with E-state index in [4.69, 9.17) is 4.74 Å². The predicted molar refractivity (Wildman–Crippen MR) is 143 cm³/mol. The molecule has 1 amide bonds. The van der Waals surface area contributed by atoms with Crippen LogP contribution in [0.2, 0.25) is 0 Å². The van der Waals surface area contributed by atoms with Crippen LogP contribution in [0.1, 0.15) is 50.7 Å². The van der Waals surface area contributed by atoms with Gasteiger partial charge in [0.25, 0.3) is 5.69 Å². The minimum Gasteiger partial charge on any atom is -0.382 e. The van der Waals surface area contributed by atoms with Gasteiger partial charge in [0.15, 0.2) is 0 Å². The molecule has 2 fully saturated rings. The maximum Gasteiger partial charge on any atom is 0.272 e. The molecule has 1 saturated carbocycles. The summed E-state index contributed by atoms with van der Waals surface area (Å²) in [6.45, 7) is 9.78. The van der Waals surface area contributed by atoms with Crippen molar-refractivity contribution in [2.75, 3.05) is 29.9 Å². The lowest BCUT2D eigenvalue weighted by Gasteiger charge is -2.45. The van der Waals surface area contributed by atoms with Crippen LogP contribution in [0.3, 0.4) is 0 Å². The lowest BCUT2D eigenvalue weighted by atomic mass is 9.92. The van der Waals surface area contributed by atoms with Gasteiger partial charge < -0.3 is 19.9 Å². The highest BCUT2D eigenvalue weighted by Crippen LogP contribution is 2.28. The molecule has 1 N–H and O–H groups in total. The number of nitro groups is 1. The number of nitrogens with one attached hydrogen (secondary N) is 1. The minimum atomic E-state index is -0.353. The van der Waals surface area contributed by atoms with Crippen LogP contribution in [0.5, 0.6) is 0 Å². The molecule has 0 unspecified atom stereocenters. The second kappa shape index (κ2) is 11.3. The third-order valence-corrected chi connectivity index (χ3v) is 7.55. The first-order chi connectivity index (χ1) is 17.2. The van der Waals surface area contributed by atoms with E-state index in [1.807, 2.05) is 11.0 Å². The Balaban J connectivity index is 1.22. The van der Waals surface area contributed by atoms with Gasteiger partial charge in [0, 0.05) is 54.2 Å². The summed E-state index contributed by atoms with van der Waals surface area (Å²) in [5.74, 6) is 0.0690. The van der Waals surface area contributed by atoms with Crippen LogP contribution >= 0.6 is 0 Å². The number of aryl methyl sites for hydroxylation is 2. The highest BCUT2D eigenvalue weighted by atomic mass is 16.6. The number of carbonyl (C=O) groups excluding carboxylic acids is 1. The Labute approximate surface area is 213 Å². The Bertz CT molecular complexity index is 1070. The fourth-order valence-corrected chi connectivity index (χ4v) is 5.40. The summed E-state index contributed by atoms with van der Waals surface area (Å²) in [5.41, 5.74) is 4.16. The van der Waals surface area contributed by atoms with E-state index in [0.29, 0.717) is 18.2 Å². The summed E-state index contributed by atoms with van der Waals surface area (Å²) in [7, 11) is 0. The van der Waals surface area contributed by atoms with E-state index in [1.165, 1.54) is 11.3 Å². The van der Waals surface area contributed by atoms with Gasteiger partial charge in [-0.15, -0.1) is 0 Å². The Morgan fingerprint density at radius 1 is 1.03 bits per heavy atom. The highest BCUT2D eigenvalue weighted by Gasteiger charge is 2.32. The highest BCUT2D eigenvalue weighted by molar-refractivity contribution is 5.78. The fraction of sp³-hybridized carbons (Fsp3) is 0.536. The van der Waals surface area contributed by atoms with Gasteiger partial charge in [0.05, 0.1) is 11.0 Å². The van der Waals surface area contributed by atoms with Crippen LogP contribution in [0.15, 0.2) is 42.5 Å². The Hall–Kier alpha value is -3.13. The van der Waals surface area contributed by atoms with Crippen molar-refractivity contribution in [2.45, 2.75) is 77.6 Å². The van der Waals surface area contributed by atoms with Gasteiger partial charge in [0.1, 0.15) is 6.61 Å². The first-order valence-corrected chi connectivity index (χ1v) is 13.0. The summed E-state index contributed by atoms with van der Waals surface area (Å²) in [4.78, 5) is 28.1. The van der Waals surface area contributed by atoms with Crippen LogP contribution in [0.4, 0.5) is 17.1 Å². The third-order valence-electron chi connectivity index (χ3n) is 7.55. The number of anilines is 2. The van der Waals surface area contributed by atoms with Crippen molar-refractivity contribution in [3.63, 3.8) is 0 Å². The number of hydrogen-bond acceptors (Lipinski definition) is 6. The summed E-state index contributed by atoms with van der Waals surface area (Å²) in [6, 6.07) is 14.4. The zero-order chi connectivity index (χ0) is 25.8. The Morgan fingerprint density at radius 2 is 1.72 bits per heavy atom. The molecule has 0 spiro atoms. The lowest BCUT2D eigenvalue weighted by molar-refractivity contribution is -0.385. The molecule has 1 saturated heterocycles. The van der Waals surface area contributed by atoms with Crippen LogP contribution in [-0.2, 0) is 9.53 Å². The second-order valence-electron chi connectivity index (χ2n) is 10.4. The maximum atomic E-state index is 13.0. The van der Waals surface area contributed by atoms with Crippen LogP contribution in [-0.4, -0.2) is 59.7 Å². The van der Waals surface area contributed by atoms with Crippen molar-refractivity contribution in [3.8, 4) is 0 Å². The van der Waals surface area contributed by atoms with Crippen LogP contribution < -0.4 is 10.2 Å². The molecule has 194 valence electrons. The van der Waals surface area contributed by atoms with Crippen LogP contribution in [0.25, 0.3) is 0 Å². The number of benzene rings is 2. The van der Waals surface area contributed by atoms with Gasteiger partial charge in [-0.3, -0.25) is 14.9 Å². The third kappa shape index (κ3) is 6.16. The molecule has 36 heavy (non-hydrogen) atoms. The van der Waals surface area contributed by atoms with E-state index in [2.05, 4.69) is 55.3 Å². The topological polar surface area (TPSA) is 88.0 Å². The quantitative estimate of drug-likeness (QED) is 0.427. The van der Waals surface area contributed by atoms with Gasteiger partial charge in [-0.25, -0.2) is 0 Å². The number of hydrogen-bond donors (Lipinski definition) is 1. The van der Waals surface area contributed by atoms with E-state index in [-0.39, 0.29) is 41.3 Å². The SMILES string of the molecule is Cc1ccc(N2C[C@H](C)N(C(=O)CO[C@H]3CC[C@H](Nc4ccc([N+](=O)[O-])c(C)c4)CC3)C[C@H]2C)cc1. The minimum absolute atomic E-state index is 0.0690. The number of amides is 1. The molecule has 0 bridgehead atoms. The summed E-state index contributed by atoms with van der Waals surface area (Å²) in [5, 5.41) is 14.5. The maximum absolute atomic E-state index is 13.0. The van der Waals surface area contributed by atoms with E-state index in [0.717, 1.165) is 37.9 Å². The van der Waals surface area contributed by atoms with Crippen molar-refractivity contribution in [1.29, 1.82) is 0 Å². The van der Waals surface area contributed by atoms with Crippen molar-refractivity contribution in [1.82, 2.24) is 4.90 Å². The summed E-state index contributed by atoms with van der Waals surface area (Å²) < 4.78 is 6.06. The van der Waals surface area contributed by atoms with Gasteiger partial charge in [0.2, 0.25) is 5.91 Å². The number of nitrogens with zero attached hydrogens (tertiary/aromatic N) is 3. The lowest BCUT2D eigenvalue weighted by Crippen LogP contribution is -2.59. The first kappa shape index (κ1) is 25.9. The van der Waals surface area contributed by atoms with E-state index < -0.39 is 0 Å². The number of piperazine rings is 1. The fourth-order valence-electron chi connectivity index (χ4n) is 5.40. The monoisotopic (exact) mass is 494 g/mol. The Morgan fingerprint density at radius 3 is 2.36 bits per heavy atom. The zero-order valence-corrected chi connectivity index (χ0v) is 21.8. The number of carbonyl (C=O) groups is 1. The summed E-state index contributed by atoms with van der Waals surface area (Å²) >= 11 is 0. The number of rotatable bonds is 7. The van der Waals surface area contributed by atoms with Crippen molar-refractivity contribution in [2.24, 2.45) is 0 Å². The van der Waals surface area contributed by atoms with Crippen molar-refractivity contribution < 1.29 is 14.5 Å². The molecule has 1 heterocycles. The van der Waals surface area contributed by atoms with Gasteiger partial charge in [-0.2, -0.15) is 0 Å². The van der Waals surface area contributed by atoms with E-state index >= 15 is 0 Å². The molecular weight excluding hydrogens is 456 g/mol. The zero-order valence-electron chi connectivity index (χ0n) is 21.8. The standard InChI is InChI=1S/C28H38N4O4/c1-19-5-10-25(11-6-19)30-16-22(4)31(17-21(30)3)28(33)18-36-26-12-7-23(8-13-26)29-24-9-14-27(32(34)35)20(2)15-24/h5-6,9-11,14-15,21-23,26,29H,7-8,12-13,16-18H2,1-4H3/t21-,22+,23-,26-/m1/s1. The van der Waals surface area contributed by atoms with Gasteiger partial charge in [-0.05, 0) is 77.6 Å². The summed E-state index contributed by atoms with van der Waals surface area (Å²) in [6.07, 6.45) is 3.76. The largest absolute Gasteiger partial charge is 0.382 e. The molecule has 2 aromatic rings. The molecule has 2 atom stereocenters. The molecule has 2 aromatic carbocycles. The molecule has 0 radical (unpaired) electrons. The molecular formula is C28H38N4O4. The Kier molecular flexibility index (Phi) is 8.14. The van der Waals surface area contributed by atoms with Crippen molar-refractivity contribution in [3.05, 3.63) is 63.7 Å². The molecule has 1 aliphatic carbocycles. The molecule has 8 nitrogen and oxygen atoms in total. The van der Waals surface area contributed by atoms with Gasteiger partial charge >= 0.3 is 0 Å². The number of ether oxygens (including phenoxy) is 1. The molecule has 8 heteroatoms. The van der Waals surface area contributed by atoms with E-state index in [1.54, 1.807) is 19.1 Å². The predicted octanol–water partition coefficient (Wildman–Crippen LogP) is 5.08. The molecule has 0 aromatic heterocycles. The first-order valence-electron chi connectivity index (χ1n) is 13.0. The molecule has 4 rings (SSSR count). The smallest absolute Gasteiger partial charge is 0.272 e. The average molecular weight is 495 g/mol. The van der Waals surface area contributed by atoms with Crippen LogP contribution in [0, 0.1) is 24.0 Å². The van der Waals surface area contributed by atoms with Gasteiger partial charge in [-0.1, -0.05) is 17.7 Å².